The van der Waals surface area contributed by atoms with Crippen molar-refractivity contribution in [2.45, 2.75) is 13.8 Å². The largest absolute Gasteiger partial charge is 0.398 e. The molecule has 3 nitrogen and oxygen atoms in total. The van der Waals surface area contributed by atoms with Gasteiger partial charge in [0.05, 0.1) is 5.56 Å². The molecule has 0 spiro atoms. The maximum atomic E-state index is 12.2. The molecule has 2 aromatic rings. The number of carbonyl (C=O) groups excluding carboxylic acids is 1. The summed E-state index contributed by atoms with van der Waals surface area (Å²) in [6.45, 7) is 3.88. The van der Waals surface area contributed by atoms with Crippen LogP contribution in [0.4, 0.5) is 11.4 Å². The van der Waals surface area contributed by atoms with Crippen LogP contribution in [0.15, 0.2) is 40.9 Å². The number of halogens is 1. The van der Waals surface area contributed by atoms with Gasteiger partial charge in [-0.3, -0.25) is 4.79 Å². The Bertz CT molecular complexity index is 638. The molecule has 3 N–H and O–H groups in total. The molecule has 1 amide bonds. The number of carbonyl (C=O) groups is 1. The summed E-state index contributed by atoms with van der Waals surface area (Å²) in [5.41, 5.74) is 9.70. The first-order chi connectivity index (χ1) is 8.99. The topological polar surface area (TPSA) is 55.1 Å². The number of para-hydroxylation sites is 1. The van der Waals surface area contributed by atoms with Crippen molar-refractivity contribution in [3.8, 4) is 0 Å². The second-order valence-corrected chi connectivity index (χ2v) is 5.31. The molecule has 0 saturated carbocycles. The Morgan fingerprint density at radius 3 is 2.58 bits per heavy atom. The van der Waals surface area contributed by atoms with Gasteiger partial charge >= 0.3 is 0 Å². The average molecular weight is 319 g/mol. The van der Waals surface area contributed by atoms with E-state index in [-0.39, 0.29) is 5.91 Å². The Morgan fingerprint density at radius 1 is 1.16 bits per heavy atom. The van der Waals surface area contributed by atoms with Crippen LogP contribution in [0.3, 0.4) is 0 Å². The summed E-state index contributed by atoms with van der Waals surface area (Å²) in [5.74, 6) is -0.197. The van der Waals surface area contributed by atoms with Crippen LogP contribution in [-0.2, 0) is 0 Å². The van der Waals surface area contributed by atoms with Crippen molar-refractivity contribution in [1.29, 1.82) is 0 Å². The standard InChI is InChI=1S/C15H15BrN2O/c1-9-6-7-11(8-13(9)16)18-15(19)12-5-3-4-10(2)14(12)17/h3-8H,17H2,1-2H3,(H,18,19). The van der Waals surface area contributed by atoms with Gasteiger partial charge in [0.2, 0.25) is 0 Å². The third-order valence-corrected chi connectivity index (χ3v) is 3.85. The molecule has 0 radical (unpaired) electrons. The zero-order valence-electron chi connectivity index (χ0n) is 10.8. The molecule has 2 aromatic carbocycles. The fourth-order valence-electron chi connectivity index (χ4n) is 1.75. The molecule has 0 saturated heterocycles. The first-order valence-electron chi connectivity index (χ1n) is 5.91. The molecule has 0 fully saturated rings. The van der Waals surface area contributed by atoms with Crippen molar-refractivity contribution < 1.29 is 4.79 Å². The summed E-state index contributed by atoms with van der Waals surface area (Å²) in [7, 11) is 0. The molecule has 4 heteroatoms. The molecule has 0 aliphatic rings. The molecule has 0 atom stereocenters. The van der Waals surface area contributed by atoms with Crippen molar-refractivity contribution in [3.63, 3.8) is 0 Å². The van der Waals surface area contributed by atoms with Gasteiger partial charge in [0, 0.05) is 15.8 Å². The van der Waals surface area contributed by atoms with Crippen LogP contribution in [0, 0.1) is 13.8 Å². The summed E-state index contributed by atoms with van der Waals surface area (Å²) in [5, 5.41) is 2.85. The molecule has 2 rings (SSSR count). The van der Waals surface area contributed by atoms with Crippen LogP contribution in [0.25, 0.3) is 0 Å². The summed E-state index contributed by atoms with van der Waals surface area (Å²) in [4.78, 5) is 12.2. The van der Waals surface area contributed by atoms with Crippen molar-refractivity contribution in [2.24, 2.45) is 0 Å². The predicted octanol–water partition coefficient (Wildman–Crippen LogP) is 3.90. The number of benzene rings is 2. The van der Waals surface area contributed by atoms with E-state index in [1.807, 2.05) is 44.2 Å². The number of hydrogen-bond donors (Lipinski definition) is 2. The SMILES string of the molecule is Cc1ccc(NC(=O)c2cccc(C)c2N)cc1Br. The van der Waals surface area contributed by atoms with Crippen molar-refractivity contribution in [1.82, 2.24) is 0 Å². The number of anilines is 2. The van der Waals surface area contributed by atoms with Crippen LogP contribution in [0.5, 0.6) is 0 Å². The van der Waals surface area contributed by atoms with E-state index in [1.165, 1.54) is 0 Å². The van der Waals surface area contributed by atoms with E-state index in [4.69, 9.17) is 5.73 Å². The summed E-state index contributed by atoms with van der Waals surface area (Å²) < 4.78 is 0.961. The second kappa shape index (κ2) is 5.45. The number of aryl methyl sites for hydroxylation is 2. The smallest absolute Gasteiger partial charge is 0.257 e. The lowest BCUT2D eigenvalue weighted by Gasteiger charge is -2.10. The molecule has 0 aromatic heterocycles. The van der Waals surface area contributed by atoms with E-state index in [0.29, 0.717) is 11.3 Å². The van der Waals surface area contributed by atoms with Crippen LogP contribution in [-0.4, -0.2) is 5.91 Å². The minimum Gasteiger partial charge on any atom is -0.398 e. The minimum atomic E-state index is -0.197. The van der Waals surface area contributed by atoms with Crippen molar-refractivity contribution >= 4 is 33.2 Å². The molecule has 0 bridgehead atoms. The molecular weight excluding hydrogens is 304 g/mol. The van der Waals surface area contributed by atoms with Crippen molar-refractivity contribution in [2.75, 3.05) is 11.1 Å². The lowest BCUT2D eigenvalue weighted by Crippen LogP contribution is -2.14. The molecule has 0 unspecified atom stereocenters. The van der Waals surface area contributed by atoms with Crippen LogP contribution in [0.1, 0.15) is 21.5 Å². The number of hydrogen-bond acceptors (Lipinski definition) is 2. The highest BCUT2D eigenvalue weighted by atomic mass is 79.9. The monoisotopic (exact) mass is 318 g/mol. The summed E-state index contributed by atoms with van der Waals surface area (Å²) >= 11 is 3.44. The first kappa shape index (κ1) is 13.6. The Kier molecular flexibility index (Phi) is 3.90. The van der Waals surface area contributed by atoms with Gasteiger partial charge in [0.25, 0.3) is 5.91 Å². The Hall–Kier alpha value is -1.81. The molecule has 0 heterocycles. The maximum Gasteiger partial charge on any atom is 0.257 e. The van der Waals surface area contributed by atoms with E-state index in [2.05, 4.69) is 21.2 Å². The fraction of sp³-hybridized carbons (Fsp3) is 0.133. The molecule has 0 aliphatic heterocycles. The van der Waals surface area contributed by atoms with Gasteiger partial charge in [-0.1, -0.05) is 34.1 Å². The lowest BCUT2D eigenvalue weighted by atomic mass is 10.1. The molecule has 0 aliphatic carbocycles. The predicted molar refractivity (Wildman–Crippen MR) is 82.4 cm³/mol. The Balaban J connectivity index is 2.26. The van der Waals surface area contributed by atoms with E-state index in [0.717, 1.165) is 21.3 Å². The highest BCUT2D eigenvalue weighted by molar-refractivity contribution is 9.10. The van der Waals surface area contributed by atoms with Gasteiger partial charge < -0.3 is 11.1 Å². The van der Waals surface area contributed by atoms with Gasteiger partial charge in [0.1, 0.15) is 0 Å². The number of amides is 1. The first-order valence-corrected chi connectivity index (χ1v) is 6.71. The van der Waals surface area contributed by atoms with Gasteiger partial charge in [-0.25, -0.2) is 0 Å². The van der Waals surface area contributed by atoms with E-state index in [1.54, 1.807) is 6.07 Å². The Labute approximate surface area is 121 Å². The van der Waals surface area contributed by atoms with Gasteiger partial charge in [-0.2, -0.15) is 0 Å². The third-order valence-electron chi connectivity index (χ3n) is 3.00. The number of rotatable bonds is 2. The lowest BCUT2D eigenvalue weighted by molar-refractivity contribution is 0.102. The zero-order chi connectivity index (χ0) is 14.0. The number of nitrogens with one attached hydrogen (secondary N) is 1. The third kappa shape index (κ3) is 2.96. The maximum absolute atomic E-state index is 12.2. The quantitative estimate of drug-likeness (QED) is 0.825. The van der Waals surface area contributed by atoms with Crippen molar-refractivity contribution in [3.05, 3.63) is 57.6 Å². The summed E-state index contributed by atoms with van der Waals surface area (Å²) in [6, 6.07) is 11.1. The molecule has 98 valence electrons. The average Bonchev–Trinajstić information content (AvgIpc) is 2.37. The number of nitrogen functional groups attached to an aromatic ring is 1. The van der Waals surface area contributed by atoms with Crippen LogP contribution >= 0.6 is 15.9 Å². The fourth-order valence-corrected chi connectivity index (χ4v) is 2.13. The van der Waals surface area contributed by atoms with Gasteiger partial charge in [-0.05, 0) is 43.2 Å². The van der Waals surface area contributed by atoms with Crippen LogP contribution in [0.2, 0.25) is 0 Å². The normalized spacial score (nSPS) is 10.3. The van der Waals surface area contributed by atoms with Gasteiger partial charge in [0.15, 0.2) is 0 Å². The van der Waals surface area contributed by atoms with E-state index >= 15 is 0 Å². The molecular formula is C15H15BrN2O. The highest BCUT2D eigenvalue weighted by Crippen LogP contribution is 2.22. The highest BCUT2D eigenvalue weighted by Gasteiger charge is 2.11. The molecule has 19 heavy (non-hydrogen) atoms. The van der Waals surface area contributed by atoms with E-state index < -0.39 is 0 Å². The van der Waals surface area contributed by atoms with Crippen LogP contribution < -0.4 is 11.1 Å². The van der Waals surface area contributed by atoms with E-state index in [9.17, 15) is 4.79 Å². The minimum absolute atomic E-state index is 0.197. The second-order valence-electron chi connectivity index (χ2n) is 4.45. The Morgan fingerprint density at radius 2 is 1.89 bits per heavy atom. The summed E-state index contributed by atoms with van der Waals surface area (Å²) in [6.07, 6.45) is 0. The number of nitrogens with two attached hydrogens (primary N) is 1. The van der Waals surface area contributed by atoms with Gasteiger partial charge in [-0.15, -0.1) is 0 Å². The zero-order valence-corrected chi connectivity index (χ0v) is 12.4.